The van der Waals surface area contributed by atoms with E-state index in [0.29, 0.717) is 24.6 Å². The Labute approximate surface area is 103 Å². The normalized spacial score (nSPS) is 20.2. The fourth-order valence-electron chi connectivity index (χ4n) is 1.83. The van der Waals surface area contributed by atoms with Gasteiger partial charge < -0.3 is 14.7 Å². The van der Waals surface area contributed by atoms with Gasteiger partial charge in [-0.15, -0.1) is 11.3 Å². The summed E-state index contributed by atoms with van der Waals surface area (Å²) in [5.41, 5.74) is 0. The van der Waals surface area contributed by atoms with Gasteiger partial charge in [-0.05, 0) is 11.4 Å². The Morgan fingerprint density at radius 2 is 2.41 bits per heavy atom. The van der Waals surface area contributed by atoms with Crippen molar-refractivity contribution in [3.05, 3.63) is 22.4 Å². The van der Waals surface area contributed by atoms with E-state index >= 15 is 0 Å². The first kappa shape index (κ1) is 12.1. The van der Waals surface area contributed by atoms with Gasteiger partial charge in [0.05, 0.1) is 30.6 Å². The maximum absolute atomic E-state index is 12.1. The molecule has 1 unspecified atom stereocenters. The number of thiophene rings is 1. The van der Waals surface area contributed by atoms with E-state index in [-0.39, 0.29) is 18.4 Å². The number of amides is 1. The van der Waals surface area contributed by atoms with Crippen LogP contribution in [0.3, 0.4) is 0 Å². The van der Waals surface area contributed by atoms with E-state index in [1.165, 1.54) is 11.3 Å². The predicted molar refractivity (Wildman–Crippen MR) is 62.2 cm³/mol. The van der Waals surface area contributed by atoms with Crippen LogP contribution in [-0.4, -0.2) is 47.7 Å². The van der Waals surface area contributed by atoms with E-state index in [1.807, 2.05) is 11.4 Å². The number of ether oxygens (including phenoxy) is 1. The first-order valence-corrected chi connectivity index (χ1v) is 6.20. The topological polar surface area (TPSA) is 66.8 Å². The zero-order valence-electron chi connectivity index (χ0n) is 9.17. The molecule has 17 heavy (non-hydrogen) atoms. The molecule has 0 radical (unpaired) electrons. The average Bonchev–Trinajstić information content (AvgIpc) is 2.81. The Bertz CT molecular complexity index is 404. The Balaban J connectivity index is 2.10. The van der Waals surface area contributed by atoms with Gasteiger partial charge in [-0.2, -0.15) is 0 Å². The molecule has 1 aromatic rings. The second-order valence-electron chi connectivity index (χ2n) is 3.80. The molecular weight excluding hydrogens is 242 g/mol. The number of carbonyl (C=O) groups excluding carboxylic acids is 1. The van der Waals surface area contributed by atoms with Crippen molar-refractivity contribution in [2.45, 2.75) is 12.5 Å². The number of rotatable bonds is 3. The van der Waals surface area contributed by atoms with E-state index in [1.54, 1.807) is 11.0 Å². The zero-order valence-corrected chi connectivity index (χ0v) is 9.98. The summed E-state index contributed by atoms with van der Waals surface area (Å²) >= 11 is 1.37. The second-order valence-corrected chi connectivity index (χ2v) is 4.75. The van der Waals surface area contributed by atoms with Gasteiger partial charge in [-0.3, -0.25) is 9.59 Å². The van der Waals surface area contributed by atoms with E-state index in [9.17, 15) is 9.59 Å². The highest BCUT2D eigenvalue weighted by molar-refractivity contribution is 7.12. The van der Waals surface area contributed by atoms with Gasteiger partial charge in [0, 0.05) is 6.54 Å². The van der Waals surface area contributed by atoms with Gasteiger partial charge in [0.1, 0.15) is 0 Å². The van der Waals surface area contributed by atoms with Crippen LogP contribution in [0.5, 0.6) is 0 Å². The van der Waals surface area contributed by atoms with Crippen LogP contribution < -0.4 is 0 Å². The summed E-state index contributed by atoms with van der Waals surface area (Å²) in [5.74, 6) is -1.01. The summed E-state index contributed by atoms with van der Waals surface area (Å²) in [6.45, 7) is 1.21. The molecule has 0 spiro atoms. The summed E-state index contributed by atoms with van der Waals surface area (Å²) < 4.78 is 5.23. The highest BCUT2D eigenvalue weighted by Gasteiger charge is 2.30. The monoisotopic (exact) mass is 255 g/mol. The summed E-state index contributed by atoms with van der Waals surface area (Å²) in [6, 6.07) is 3.20. The minimum Gasteiger partial charge on any atom is -0.481 e. The molecular formula is C11H13NO4S. The number of nitrogens with zero attached hydrogens (tertiary/aromatic N) is 1. The van der Waals surface area contributed by atoms with Crippen molar-refractivity contribution in [2.75, 3.05) is 19.8 Å². The van der Waals surface area contributed by atoms with Crippen molar-refractivity contribution in [2.24, 2.45) is 0 Å². The first-order chi connectivity index (χ1) is 8.18. The first-order valence-electron chi connectivity index (χ1n) is 5.32. The van der Waals surface area contributed by atoms with Crippen LogP contribution in [0.15, 0.2) is 17.5 Å². The molecule has 1 aliphatic heterocycles. The van der Waals surface area contributed by atoms with Crippen molar-refractivity contribution in [3.63, 3.8) is 0 Å². The Morgan fingerprint density at radius 1 is 1.59 bits per heavy atom. The lowest BCUT2D eigenvalue weighted by atomic mass is 10.1. The molecule has 1 fully saturated rings. The van der Waals surface area contributed by atoms with Crippen LogP contribution in [0.25, 0.3) is 0 Å². The number of hydrogen-bond donors (Lipinski definition) is 1. The van der Waals surface area contributed by atoms with Gasteiger partial charge >= 0.3 is 5.97 Å². The molecule has 5 nitrogen and oxygen atoms in total. The lowest BCUT2D eigenvalue weighted by molar-refractivity contribution is -0.139. The van der Waals surface area contributed by atoms with Gasteiger partial charge in [0.15, 0.2) is 0 Å². The minimum atomic E-state index is -0.913. The fourth-order valence-corrected chi connectivity index (χ4v) is 2.51. The summed E-state index contributed by atoms with van der Waals surface area (Å²) in [7, 11) is 0. The molecule has 0 bridgehead atoms. The number of hydrogen-bond acceptors (Lipinski definition) is 4. The lowest BCUT2D eigenvalue weighted by Gasteiger charge is -2.34. The molecule has 0 aromatic carbocycles. The number of carbonyl (C=O) groups is 2. The van der Waals surface area contributed by atoms with Crippen LogP contribution in [0.1, 0.15) is 16.1 Å². The number of carboxylic acid groups (broad SMARTS) is 1. The molecule has 1 atom stereocenters. The molecule has 2 heterocycles. The van der Waals surface area contributed by atoms with Crippen molar-refractivity contribution >= 4 is 23.2 Å². The maximum atomic E-state index is 12.1. The third kappa shape index (κ3) is 2.83. The quantitative estimate of drug-likeness (QED) is 0.877. The predicted octanol–water partition coefficient (Wildman–Crippen LogP) is 1.06. The van der Waals surface area contributed by atoms with Gasteiger partial charge in [-0.25, -0.2) is 0 Å². The van der Waals surface area contributed by atoms with E-state index in [0.717, 1.165) is 0 Å². The molecule has 1 aliphatic rings. The lowest BCUT2D eigenvalue weighted by Crippen LogP contribution is -2.49. The highest BCUT2D eigenvalue weighted by atomic mass is 32.1. The van der Waals surface area contributed by atoms with Crippen LogP contribution in [0.2, 0.25) is 0 Å². The molecule has 6 heteroatoms. The molecule has 1 saturated heterocycles. The average molecular weight is 255 g/mol. The SMILES string of the molecule is O=C(O)CC1COCCN1C(=O)c1cccs1. The fraction of sp³-hybridized carbons (Fsp3) is 0.455. The molecule has 1 aromatic heterocycles. The zero-order chi connectivity index (χ0) is 12.3. The van der Waals surface area contributed by atoms with Gasteiger partial charge in [-0.1, -0.05) is 6.07 Å². The van der Waals surface area contributed by atoms with Crippen LogP contribution >= 0.6 is 11.3 Å². The van der Waals surface area contributed by atoms with Crippen LogP contribution in [0, 0.1) is 0 Å². The highest BCUT2D eigenvalue weighted by Crippen LogP contribution is 2.18. The molecule has 1 N–H and O–H groups in total. The molecule has 1 amide bonds. The third-order valence-electron chi connectivity index (χ3n) is 2.63. The van der Waals surface area contributed by atoms with E-state index < -0.39 is 5.97 Å². The Morgan fingerprint density at radius 3 is 3.06 bits per heavy atom. The van der Waals surface area contributed by atoms with Crippen molar-refractivity contribution < 1.29 is 19.4 Å². The second kappa shape index (κ2) is 5.29. The van der Waals surface area contributed by atoms with Crippen LogP contribution in [-0.2, 0) is 9.53 Å². The van der Waals surface area contributed by atoms with Gasteiger partial charge in [0.2, 0.25) is 0 Å². The number of carboxylic acids is 1. The molecule has 92 valence electrons. The molecule has 2 rings (SSSR count). The summed E-state index contributed by atoms with van der Waals surface area (Å²) in [6.07, 6.45) is -0.0723. The van der Waals surface area contributed by atoms with Crippen molar-refractivity contribution in [3.8, 4) is 0 Å². The largest absolute Gasteiger partial charge is 0.481 e. The van der Waals surface area contributed by atoms with Crippen molar-refractivity contribution in [1.29, 1.82) is 0 Å². The Hall–Kier alpha value is -1.40. The number of morpholine rings is 1. The smallest absolute Gasteiger partial charge is 0.305 e. The van der Waals surface area contributed by atoms with E-state index in [4.69, 9.17) is 9.84 Å². The van der Waals surface area contributed by atoms with Gasteiger partial charge in [0.25, 0.3) is 5.91 Å². The Kier molecular flexibility index (Phi) is 3.75. The van der Waals surface area contributed by atoms with E-state index in [2.05, 4.69) is 0 Å². The summed E-state index contributed by atoms with van der Waals surface area (Å²) in [4.78, 5) is 25.1. The molecule has 0 aliphatic carbocycles. The van der Waals surface area contributed by atoms with Crippen molar-refractivity contribution in [1.82, 2.24) is 4.90 Å². The van der Waals surface area contributed by atoms with Crippen LogP contribution in [0.4, 0.5) is 0 Å². The maximum Gasteiger partial charge on any atom is 0.305 e. The standard InChI is InChI=1S/C11H13NO4S/c13-10(14)6-8-7-16-4-3-12(8)11(15)9-2-1-5-17-9/h1-2,5,8H,3-4,6-7H2,(H,13,14). The minimum absolute atomic E-state index is 0.0723. The summed E-state index contributed by atoms with van der Waals surface area (Å²) in [5, 5.41) is 10.6. The third-order valence-corrected chi connectivity index (χ3v) is 3.49. The number of aliphatic carboxylic acids is 1. The molecule has 0 saturated carbocycles.